The summed E-state index contributed by atoms with van der Waals surface area (Å²) in [6.45, 7) is 0.967. The van der Waals surface area contributed by atoms with E-state index in [2.05, 4.69) is 10.3 Å². The summed E-state index contributed by atoms with van der Waals surface area (Å²) in [6.07, 6.45) is 4.88. The van der Waals surface area contributed by atoms with Gasteiger partial charge in [-0.2, -0.15) is 0 Å². The minimum Gasteiger partial charge on any atom is -0.486 e. The smallest absolute Gasteiger partial charge is 0.239 e. The number of para-hydroxylation sites is 1. The van der Waals surface area contributed by atoms with Gasteiger partial charge in [0.05, 0.1) is 18.5 Å². The second-order valence-electron chi connectivity index (χ2n) is 8.22. The Balaban J connectivity index is 1.28. The lowest BCUT2D eigenvalue weighted by atomic mass is 9.84. The van der Waals surface area contributed by atoms with Crippen LogP contribution in [-0.2, 0) is 16.0 Å². The number of hydrogen-bond donors (Lipinski definition) is 1. The zero-order chi connectivity index (χ0) is 21.7. The lowest BCUT2D eigenvalue weighted by molar-refractivity contribution is -0.135. The number of amides is 2. The van der Waals surface area contributed by atoms with Crippen LogP contribution >= 0.6 is 0 Å². The summed E-state index contributed by atoms with van der Waals surface area (Å²) in [5, 5.41) is 2.89. The van der Waals surface area contributed by atoms with Crippen LogP contribution in [0.2, 0.25) is 0 Å². The van der Waals surface area contributed by atoms with Gasteiger partial charge in [0.2, 0.25) is 11.8 Å². The fourth-order valence-electron chi connectivity index (χ4n) is 4.24. The van der Waals surface area contributed by atoms with E-state index < -0.39 is 5.60 Å². The third-order valence-electron chi connectivity index (χ3n) is 5.97. The second-order valence-corrected chi connectivity index (χ2v) is 8.22. The summed E-state index contributed by atoms with van der Waals surface area (Å²) in [5.41, 5.74) is 0.925. The largest absolute Gasteiger partial charge is 0.486 e. The number of hydrogen-bond acceptors (Lipinski definition) is 5. The van der Waals surface area contributed by atoms with E-state index in [0.29, 0.717) is 37.2 Å². The van der Waals surface area contributed by atoms with E-state index in [0.717, 1.165) is 18.5 Å². The summed E-state index contributed by atoms with van der Waals surface area (Å²) in [6, 6.07) is 13.0. The molecule has 1 aromatic heterocycles. The molecule has 2 aromatic rings. The Morgan fingerprint density at radius 3 is 2.81 bits per heavy atom. The normalized spacial score (nSPS) is 20.7. The molecule has 3 heterocycles. The van der Waals surface area contributed by atoms with E-state index in [9.17, 15) is 14.4 Å². The molecule has 1 fully saturated rings. The molecule has 0 saturated carbocycles. The highest BCUT2D eigenvalue weighted by Gasteiger charge is 2.43. The molecule has 7 heteroatoms. The molecule has 31 heavy (non-hydrogen) atoms. The Morgan fingerprint density at radius 2 is 1.97 bits per heavy atom. The highest BCUT2D eigenvalue weighted by molar-refractivity contribution is 6.00. The van der Waals surface area contributed by atoms with Gasteiger partial charge in [-0.1, -0.05) is 18.2 Å². The molecule has 1 spiro atoms. The number of rotatable bonds is 6. The number of pyridine rings is 1. The average molecular weight is 421 g/mol. The minimum atomic E-state index is -0.672. The van der Waals surface area contributed by atoms with Crippen LogP contribution in [0.3, 0.4) is 0 Å². The van der Waals surface area contributed by atoms with Gasteiger partial charge in [0.15, 0.2) is 5.78 Å². The van der Waals surface area contributed by atoms with Crippen molar-refractivity contribution in [3.8, 4) is 5.75 Å². The topological polar surface area (TPSA) is 88.6 Å². The maximum atomic E-state index is 12.6. The van der Waals surface area contributed by atoms with Gasteiger partial charge in [-0.3, -0.25) is 19.4 Å². The third kappa shape index (κ3) is 5.10. The fourth-order valence-corrected chi connectivity index (χ4v) is 4.24. The van der Waals surface area contributed by atoms with Crippen LogP contribution in [0.1, 0.15) is 48.2 Å². The number of ketones is 1. The molecule has 2 aliphatic rings. The van der Waals surface area contributed by atoms with Gasteiger partial charge < -0.3 is 15.0 Å². The van der Waals surface area contributed by atoms with Crippen LogP contribution in [-0.4, -0.2) is 52.7 Å². The van der Waals surface area contributed by atoms with E-state index in [4.69, 9.17) is 4.74 Å². The van der Waals surface area contributed by atoms with E-state index in [-0.39, 0.29) is 37.0 Å². The van der Waals surface area contributed by atoms with Gasteiger partial charge in [0, 0.05) is 37.8 Å². The van der Waals surface area contributed by atoms with Crippen molar-refractivity contribution in [2.75, 3.05) is 19.6 Å². The van der Waals surface area contributed by atoms with Crippen molar-refractivity contribution in [3.05, 3.63) is 59.9 Å². The number of fused-ring (bicyclic) bond motifs is 1. The molecule has 7 nitrogen and oxygen atoms in total. The number of nitrogens with one attached hydrogen (secondary N) is 1. The molecule has 4 rings (SSSR count). The van der Waals surface area contributed by atoms with Crippen LogP contribution in [0.4, 0.5) is 0 Å². The van der Waals surface area contributed by atoms with Crippen molar-refractivity contribution in [2.45, 2.75) is 44.1 Å². The fraction of sp³-hybridized carbons (Fsp3) is 0.417. The number of aromatic nitrogens is 1. The zero-order valence-corrected chi connectivity index (χ0v) is 17.5. The van der Waals surface area contributed by atoms with E-state index >= 15 is 0 Å². The molecule has 0 aliphatic carbocycles. The lowest BCUT2D eigenvalue weighted by Crippen LogP contribution is -2.44. The Morgan fingerprint density at radius 1 is 1.13 bits per heavy atom. The Kier molecular flexibility index (Phi) is 6.30. The Hall–Kier alpha value is -3.22. The Bertz CT molecular complexity index is 962. The van der Waals surface area contributed by atoms with Crippen molar-refractivity contribution < 1.29 is 19.1 Å². The van der Waals surface area contributed by atoms with E-state index in [1.807, 2.05) is 30.3 Å². The number of aryl methyl sites for hydroxylation is 1. The molecule has 1 saturated heterocycles. The molecule has 2 aliphatic heterocycles. The molecule has 0 radical (unpaired) electrons. The van der Waals surface area contributed by atoms with Gasteiger partial charge in [-0.15, -0.1) is 0 Å². The highest BCUT2D eigenvalue weighted by Crippen LogP contribution is 2.39. The molecular weight excluding hydrogens is 394 g/mol. The number of carbonyl (C=O) groups is 3. The quantitative estimate of drug-likeness (QED) is 0.724. The number of benzene rings is 1. The highest BCUT2D eigenvalue weighted by atomic mass is 16.5. The average Bonchev–Trinajstić information content (AvgIpc) is 2.92. The van der Waals surface area contributed by atoms with Crippen LogP contribution in [0.15, 0.2) is 48.7 Å². The van der Waals surface area contributed by atoms with Gasteiger partial charge in [-0.25, -0.2) is 0 Å². The first kappa shape index (κ1) is 21.0. The standard InChI is InChI=1S/C24H27N3O4/c28-20-16-24(31-21-9-2-1-8-19(20)21)11-10-23(30)27(15-12-24)17-22(29)26-14-5-7-18-6-3-4-13-25-18/h1-4,6,8-9,13H,5,7,10-12,14-17H2,(H,26,29). The number of nitrogens with zero attached hydrogens (tertiary/aromatic N) is 2. The first-order valence-electron chi connectivity index (χ1n) is 10.8. The SMILES string of the molecule is O=C(CN1CCC2(CCC1=O)CC(=O)c1ccccc1O2)NCCCc1ccccn1. The molecule has 1 aromatic carbocycles. The molecule has 1 atom stereocenters. The van der Waals surface area contributed by atoms with Gasteiger partial charge in [0.1, 0.15) is 11.4 Å². The van der Waals surface area contributed by atoms with Crippen molar-refractivity contribution in [2.24, 2.45) is 0 Å². The number of ether oxygens (including phenoxy) is 1. The van der Waals surface area contributed by atoms with Crippen molar-refractivity contribution >= 4 is 17.6 Å². The van der Waals surface area contributed by atoms with Crippen LogP contribution in [0.5, 0.6) is 5.75 Å². The van der Waals surface area contributed by atoms with Crippen molar-refractivity contribution in [3.63, 3.8) is 0 Å². The first-order chi connectivity index (χ1) is 15.0. The molecule has 1 unspecified atom stereocenters. The summed E-state index contributed by atoms with van der Waals surface area (Å²) >= 11 is 0. The number of carbonyl (C=O) groups excluding carboxylic acids is 3. The predicted octanol–water partition coefficient (Wildman–Crippen LogP) is 2.55. The summed E-state index contributed by atoms with van der Waals surface area (Å²) in [5.74, 6) is 0.394. The number of likely N-dealkylation sites (tertiary alicyclic amines) is 1. The maximum absolute atomic E-state index is 12.6. The van der Waals surface area contributed by atoms with Crippen molar-refractivity contribution in [1.29, 1.82) is 0 Å². The molecule has 162 valence electrons. The van der Waals surface area contributed by atoms with Crippen LogP contribution in [0.25, 0.3) is 0 Å². The molecule has 0 bridgehead atoms. The molecular formula is C24H27N3O4. The summed E-state index contributed by atoms with van der Waals surface area (Å²) < 4.78 is 6.23. The summed E-state index contributed by atoms with van der Waals surface area (Å²) in [7, 11) is 0. The van der Waals surface area contributed by atoms with E-state index in [1.165, 1.54) is 0 Å². The summed E-state index contributed by atoms with van der Waals surface area (Å²) in [4.78, 5) is 43.4. The minimum absolute atomic E-state index is 0.0308. The third-order valence-corrected chi connectivity index (χ3v) is 5.97. The van der Waals surface area contributed by atoms with Crippen molar-refractivity contribution in [1.82, 2.24) is 15.2 Å². The lowest BCUT2D eigenvalue weighted by Gasteiger charge is -2.37. The van der Waals surface area contributed by atoms with Crippen LogP contribution in [0, 0.1) is 0 Å². The second kappa shape index (κ2) is 9.29. The monoisotopic (exact) mass is 421 g/mol. The van der Waals surface area contributed by atoms with Crippen LogP contribution < -0.4 is 10.1 Å². The van der Waals surface area contributed by atoms with Gasteiger partial charge in [-0.05, 0) is 43.5 Å². The predicted molar refractivity (Wildman–Crippen MR) is 115 cm³/mol. The van der Waals surface area contributed by atoms with E-state index in [1.54, 1.807) is 23.2 Å². The maximum Gasteiger partial charge on any atom is 0.239 e. The first-order valence-corrected chi connectivity index (χ1v) is 10.8. The zero-order valence-electron chi connectivity index (χ0n) is 17.5. The molecule has 1 N–H and O–H groups in total. The van der Waals surface area contributed by atoms with Gasteiger partial charge >= 0.3 is 0 Å². The molecule has 2 amide bonds. The number of Topliss-reactive ketones (excluding diaryl/α,β-unsaturated/α-hetero) is 1. The van der Waals surface area contributed by atoms with Gasteiger partial charge in [0.25, 0.3) is 0 Å². The Labute approximate surface area is 181 Å².